The van der Waals surface area contributed by atoms with Gasteiger partial charge in [-0.2, -0.15) is 0 Å². The van der Waals surface area contributed by atoms with Gasteiger partial charge in [-0.1, -0.05) is 0 Å². The number of H-pyrrole nitrogens is 1. The molecule has 0 saturated carbocycles. The van der Waals surface area contributed by atoms with Gasteiger partial charge in [0.25, 0.3) is 5.56 Å². The van der Waals surface area contributed by atoms with Crippen molar-refractivity contribution in [1.29, 1.82) is 0 Å². The number of methoxy groups -OCH3 is 1. The van der Waals surface area contributed by atoms with Crippen molar-refractivity contribution in [3.05, 3.63) is 27.9 Å². The molecule has 0 aromatic carbocycles. The van der Waals surface area contributed by atoms with Crippen LogP contribution in [-0.4, -0.2) is 48.2 Å². The van der Waals surface area contributed by atoms with Crippen molar-refractivity contribution in [1.82, 2.24) is 20.2 Å². The average Bonchev–Trinajstić information content (AvgIpc) is 2.39. The quantitative estimate of drug-likeness (QED) is 0.806. The minimum Gasteiger partial charge on any atom is -0.378 e. The summed E-state index contributed by atoms with van der Waals surface area (Å²) < 4.78 is 5.06. The number of nitrogens with zero attached hydrogens (tertiary/aromatic N) is 2. The van der Waals surface area contributed by atoms with Crippen molar-refractivity contribution in [2.45, 2.75) is 26.0 Å². The van der Waals surface area contributed by atoms with Crippen molar-refractivity contribution in [2.24, 2.45) is 0 Å². The molecule has 19 heavy (non-hydrogen) atoms. The van der Waals surface area contributed by atoms with E-state index in [-0.39, 0.29) is 11.1 Å². The normalized spacial score (nSPS) is 17.6. The lowest BCUT2D eigenvalue weighted by Crippen LogP contribution is -2.52. The molecule has 6 nitrogen and oxygen atoms in total. The highest BCUT2D eigenvalue weighted by Crippen LogP contribution is 2.24. The third-order valence-electron chi connectivity index (χ3n) is 3.57. The lowest BCUT2D eigenvalue weighted by atomic mass is 10.0. The maximum Gasteiger partial charge on any atom is 0.251 e. The van der Waals surface area contributed by atoms with E-state index < -0.39 is 0 Å². The molecule has 0 atom stereocenters. The molecule has 106 valence electrons. The largest absolute Gasteiger partial charge is 0.378 e. The second-order valence-corrected chi connectivity index (χ2v) is 5.31. The first-order valence-corrected chi connectivity index (χ1v) is 6.59. The van der Waals surface area contributed by atoms with E-state index >= 15 is 0 Å². The number of aromatic amines is 1. The van der Waals surface area contributed by atoms with Gasteiger partial charge in [-0.15, -0.1) is 0 Å². The molecule has 0 amide bonds. The van der Waals surface area contributed by atoms with E-state index in [1.54, 1.807) is 7.11 Å². The van der Waals surface area contributed by atoms with Gasteiger partial charge in [0.2, 0.25) is 0 Å². The molecule has 1 aliphatic heterocycles. The van der Waals surface area contributed by atoms with E-state index in [1.807, 2.05) is 0 Å². The average molecular weight is 266 g/mol. The molecular weight excluding hydrogens is 244 g/mol. The molecule has 2 N–H and O–H groups in total. The Hall–Kier alpha value is -1.24. The number of ether oxygens (including phenoxy) is 1. The fourth-order valence-electron chi connectivity index (χ4n) is 2.39. The minimum absolute atomic E-state index is 0.125. The van der Waals surface area contributed by atoms with Crippen LogP contribution in [0.15, 0.2) is 10.9 Å². The fraction of sp³-hybridized carbons (Fsp3) is 0.692. The molecule has 1 aliphatic rings. The molecule has 2 rings (SSSR count). The summed E-state index contributed by atoms with van der Waals surface area (Å²) in [5.41, 5.74) is 0.259. The smallest absolute Gasteiger partial charge is 0.251 e. The number of piperazine rings is 1. The van der Waals surface area contributed by atoms with Gasteiger partial charge in [0.1, 0.15) is 5.82 Å². The molecule has 6 heteroatoms. The molecule has 0 bridgehead atoms. The predicted molar refractivity (Wildman–Crippen MR) is 73.0 cm³/mol. The van der Waals surface area contributed by atoms with Crippen LogP contribution in [0.4, 0.5) is 0 Å². The lowest BCUT2D eigenvalue weighted by molar-refractivity contribution is 0.0936. The molecule has 1 aromatic heterocycles. The maximum atomic E-state index is 11.7. The number of nitrogens with one attached hydrogen (secondary N) is 2. The van der Waals surface area contributed by atoms with Gasteiger partial charge < -0.3 is 15.0 Å². The van der Waals surface area contributed by atoms with Crippen molar-refractivity contribution < 1.29 is 4.74 Å². The monoisotopic (exact) mass is 266 g/mol. The molecule has 0 spiro atoms. The van der Waals surface area contributed by atoms with Gasteiger partial charge in [0, 0.05) is 39.4 Å². The Balaban J connectivity index is 2.30. The second-order valence-electron chi connectivity index (χ2n) is 5.31. The predicted octanol–water partition coefficient (Wildman–Crippen LogP) is 0.0566. The van der Waals surface area contributed by atoms with Gasteiger partial charge in [0.05, 0.1) is 17.8 Å². The highest BCUT2D eigenvalue weighted by atomic mass is 16.5. The Bertz CT molecular complexity index is 478. The van der Waals surface area contributed by atoms with Crippen LogP contribution in [-0.2, 0) is 16.9 Å². The van der Waals surface area contributed by atoms with E-state index in [1.165, 1.54) is 6.07 Å². The van der Waals surface area contributed by atoms with Gasteiger partial charge in [-0.25, -0.2) is 4.98 Å². The van der Waals surface area contributed by atoms with Gasteiger partial charge in [-0.05, 0) is 13.8 Å². The molecule has 1 aromatic rings. The van der Waals surface area contributed by atoms with Crippen molar-refractivity contribution in [2.75, 3.05) is 33.3 Å². The third-order valence-corrected chi connectivity index (χ3v) is 3.57. The Morgan fingerprint density at radius 2 is 2.11 bits per heavy atom. The first-order valence-electron chi connectivity index (χ1n) is 6.59. The lowest BCUT2D eigenvalue weighted by Gasteiger charge is -2.40. The van der Waals surface area contributed by atoms with Crippen LogP contribution in [0, 0.1) is 0 Å². The summed E-state index contributed by atoms with van der Waals surface area (Å²) in [7, 11) is 1.60. The van der Waals surface area contributed by atoms with Gasteiger partial charge >= 0.3 is 0 Å². The summed E-state index contributed by atoms with van der Waals surface area (Å²) in [6, 6.07) is 1.49. The van der Waals surface area contributed by atoms with E-state index in [4.69, 9.17) is 4.74 Å². The third kappa shape index (κ3) is 3.20. The molecule has 0 unspecified atom stereocenters. The minimum atomic E-state index is -0.287. The highest BCUT2D eigenvalue weighted by Gasteiger charge is 2.32. The highest BCUT2D eigenvalue weighted by molar-refractivity contribution is 5.09. The van der Waals surface area contributed by atoms with Gasteiger partial charge in [0.15, 0.2) is 0 Å². The van der Waals surface area contributed by atoms with Crippen LogP contribution in [0.25, 0.3) is 0 Å². The van der Waals surface area contributed by atoms with E-state index in [9.17, 15) is 4.79 Å². The summed E-state index contributed by atoms with van der Waals surface area (Å²) in [4.78, 5) is 21.5. The zero-order valence-corrected chi connectivity index (χ0v) is 11.8. The van der Waals surface area contributed by atoms with Gasteiger partial charge in [-0.3, -0.25) is 9.69 Å². The molecular formula is C13H22N4O2. The first kappa shape index (κ1) is 14.2. The van der Waals surface area contributed by atoms with Crippen LogP contribution in [0.5, 0.6) is 0 Å². The molecule has 1 fully saturated rings. The molecule has 2 heterocycles. The molecule has 1 saturated heterocycles. The maximum absolute atomic E-state index is 11.7. The van der Waals surface area contributed by atoms with Crippen LogP contribution >= 0.6 is 0 Å². The van der Waals surface area contributed by atoms with E-state index in [0.717, 1.165) is 26.2 Å². The van der Waals surface area contributed by atoms with Crippen molar-refractivity contribution in [3.63, 3.8) is 0 Å². The number of aromatic nitrogens is 2. The summed E-state index contributed by atoms with van der Waals surface area (Å²) in [5, 5.41) is 3.33. The Labute approximate surface area is 113 Å². The van der Waals surface area contributed by atoms with E-state index in [2.05, 4.69) is 34.0 Å². The zero-order valence-electron chi connectivity index (χ0n) is 11.8. The summed E-state index contributed by atoms with van der Waals surface area (Å²) in [5.74, 6) is 0.703. The van der Waals surface area contributed by atoms with Crippen LogP contribution in [0.1, 0.15) is 25.4 Å². The topological polar surface area (TPSA) is 70.2 Å². The second kappa shape index (κ2) is 5.81. The number of hydrogen-bond donors (Lipinski definition) is 2. The van der Waals surface area contributed by atoms with Crippen molar-refractivity contribution >= 4 is 0 Å². The van der Waals surface area contributed by atoms with Crippen LogP contribution in [0.3, 0.4) is 0 Å². The molecule has 0 aliphatic carbocycles. The number of rotatable bonds is 4. The SMILES string of the molecule is COCc1cc(=O)[nH]c(C(C)(C)N2CCNCC2)n1. The van der Waals surface area contributed by atoms with Crippen LogP contribution < -0.4 is 10.9 Å². The zero-order chi connectivity index (χ0) is 13.9. The van der Waals surface area contributed by atoms with Crippen molar-refractivity contribution in [3.8, 4) is 0 Å². The Morgan fingerprint density at radius 3 is 2.74 bits per heavy atom. The standard InChI is InChI=1S/C13H22N4O2/c1-13(2,17-6-4-14-5-7-17)12-15-10(9-19-3)8-11(18)16-12/h8,14H,4-7,9H2,1-3H3,(H,15,16,18). The first-order chi connectivity index (χ1) is 9.04. The Morgan fingerprint density at radius 1 is 1.42 bits per heavy atom. The fourth-order valence-corrected chi connectivity index (χ4v) is 2.39. The Kier molecular flexibility index (Phi) is 4.34. The van der Waals surface area contributed by atoms with E-state index in [0.29, 0.717) is 18.1 Å². The van der Waals surface area contributed by atoms with Crippen LogP contribution in [0.2, 0.25) is 0 Å². The number of hydrogen-bond acceptors (Lipinski definition) is 5. The molecule has 0 radical (unpaired) electrons. The summed E-state index contributed by atoms with van der Waals surface area (Å²) in [6.07, 6.45) is 0. The summed E-state index contributed by atoms with van der Waals surface area (Å²) in [6.45, 7) is 8.36. The summed E-state index contributed by atoms with van der Waals surface area (Å²) >= 11 is 0.